The molecule has 1 aliphatic rings. The third-order valence-electron chi connectivity index (χ3n) is 5.61. The summed E-state index contributed by atoms with van der Waals surface area (Å²) in [5, 5.41) is 10.2. The van der Waals surface area contributed by atoms with E-state index in [1.165, 1.54) is 29.5 Å². The zero-order valence-electron chi connectivity index (χ0n) is 19.0. The molecule has 0 bridgehead atoms. The highest BCUT2D eigenvalue weighted by molar-refractivity contribution is 7.17. The molecule has 0 atom stereocenters. The molecule has 1 aliphatic heterocycles. The van der Waals surface area contributed by atoms with Crippen LogP contribution in [0.15, 0.2) is 42.5 Å². The second kappa shape index (κ2) is 9.49. The first-order valence-electron chi connectivity index (χ1n) is 10.8. The summed E-state index contributed by atoms with van der Waals surface area (Å²) < 4.78 is 10.4. The highest BCUT2D eigenvalue weighted by Gasteiger charge is 2.40. The lowest BCUT2D eigenvalue weighted by Crippen LogP contribution is -2.29. The van der Waals surface area contributed by atoms with Crippen molar-refractivity contribution in [1.82, 2.24) is 0 Å². The Labute approximate surface area is 201 Å². The van der Waals surface area contributed by atoms with Gasteiger partial charge in [0.1, 0.15) is 16.8 Å². The maximum absolute atomic E-state index is 13.3. The Morgan fingerprint density at radius 2 is 1.79 bits per heavy atom. The van der Waals surface area contributed by atoms with Gasteiger partial charge in [-0.15, -0.1) is 11.3 Å². The number of thiophene rings is 1. The summed E-state index contributed by atoms with van der Waals surface area (Å²) in [7, 11) is 1.57. The van der Waals surface area contributed by atoms with Gasteiger partial charge in [-0.3, -0.25) is 9.59 Å². The van der Waals surface area contributed by atoms with E-state index in [4.69, 9.17) is 9.47 Å². The van der Waals surface area contributed by atoms with E-state index in [0.29, 0.717) is 17.9 Å². The zero-order chi connectivity index (χ0) is 24.4. The van der Waals surface area contributed by atoms with Crippen LogP contribution in [0.25, 0.3) is 11.1 Å². The average molecular weight is 475 g/mol. The normalized spacial score (nSPS) is 12.5. The molecule has 4 rings (SSSR count). The van der Waals surface area contributed by atoms with Crippen molar-refractivity contribution >= 4 is 34.1 Å². The largest absolute Gasteiger partial charge is 0.497 e. The number of rotatable bonds is 7. The van der Waals surface area contributed by atoms with E-state index in [-0.39, 0.29) is 27.3 Å². The van der Waals surface area contributed by atoms with Crippen molar-refractivity contribution in [3.05, 3.63) is 69.6 Å². The highest BCUT2D eigenvalue weighted by atomic mass is 32.1. The molecule has 1 aromatic heterocycles. The summed E-state index contributed by atoms with van der Waals surface area (Å²) in [6, 6.07) is 13.7. The minimum absolute atomic E-state index is 0.121. The van der Waals surface area contributed by atoms with Crippen molar-refractivity contribution in [3.8, 4) is 22.9 Å². The molecule has 0 aliphatic carbocycles. The number of esters is 1. The predicted molar refractivity (Wildman–Crippen MR) is 129 cm³/mol. The lowest BCUT2D eigenvalue weighted by molar-refractivity contribution is 0.0499. The summed E-state index contributed by atoms with van der Waals surface area (Å²) in [6.45, 7) is 4.13. The number of ether oxygens (including phenoxy) is 2. The topological polar surface area (TPSA) is 96.7 Å². The van der Waals surface area contributed by atoms with Gasteiger partial charge in [-0.05, 0) is 49.2 Å². The summed E-state index contributed by atoms with van der Waals surface area (Å²) in [5.74, 6) is -0.951. The molecular formula is C26H22N2O5S. The van der Waals surface area contributed by atoms with Crippen molar-refractivity contribution in [2.45, 2.75) is 26.7 Å². The maximum Gasteiger partial charge on any atom is 0.338 e. The van der Waals surface area contributed by atoms with E-state index in [1.807, 2.05) is 26.0 Å². The molecule has 0 saturated heterocycles. The number of unbranched alkanes of at least 4 members (excludes halogenated alkanes) is 1. The summed E-state index contributed by atoms with van der Waals surface area (Å²) in [4.78, 5) is 40.6. The lowest BCUT2D eigenvalue weighted by atomic mass is 10.0. The number of aryl methyl sites for hydroxylation is 1. The Hall–Kier alpha value is -3.96. The molecule has 0 spiro atoms. The summed E-state index contributed by atoms with van der Waals surface area (Å²) in [6.07, 6.45) is 1.63. The fourth-order valence-corrected chi connectivity index (χ4v) is 4.96. The van der Waals surface area contributed by atoms with Gasteiger partial charge in [0, 0.05) is 10.4 Å². The number of methoxy groups -OCH3 is 1. The van der Waals surface area contributed by atoms with Crippen LogP contribution in [-0.4, -0.2) is 31.5 Å². The van der Waals surface area contributed by atoms with Crippen molar-refractivity contribution in [2.75, 3.05) is 18.6 Å². The van der Waals surface area contributed by atoms with Crippen LogP contribution in [0.5, 0.6) is 5.75 Å². The highest BCUT2D eigenvalue weighted by Crippen LogP contribution is 2.44. The molecule has 0 fully saturated rings. The van der Waals surface area contributed by atoms with Gasteiger partial charge >= 0.3 is 5.97 Å². The molecule has 0 N–H and O–H groups in total. The van der Waals surface area contributed by atoms with Crippen molar-refractivity contribution in [3.63, 3.8) is 0 Å². The van der Waals surface area contributed by atoms with Gasteiger partial charge in [0.05, 0.1) is 36.0 Å². The standard InChI is InChI=1S/C26H22N2O5S/c1-4-5-12-33-26(31)17-8-11-19-20(13-17)24(30)28(23(19)29)25-21(14-27)22(15(2)34-25)16-6-9-18(32-3)10-7-16/h6-11,13H,4-5,12H2,1-3H3. The van der Waals surface area contributed by atoms with Gasteiger partial charge in [0.25, 0.3) is 11.8 Å². The molecule has 2 heterocycles. The number of nitriles is 1. The molecule has 7 nitrogen and oxygen atoms in total. The van der Waals surface area contributed by atoms with Crippen molar-refractivity contribution in [2.24, 2.45) is 0 Å². The van der Waals surface area contributed by atoms with E-state index in [9.17, 15) is 19.6 Å². The number of imide groups is 1. The Bertz CT molecular complexity index is 1330. The predicted octanol–water partition coefficient (Wildman–Crippen LogP) is 5.36. The van der Waals surface area contributed by atoms with Crippen LogP contribution >= 0.6 is 11.3 Å². The minimum Gasteiger partial charge on any atom is -0.497 e. The average Bonchev–Trinajstić information content (AvgIpc) is 3.31. The molecule has 8 heteroatoms. The van der Waals surface area contributed by atoms with Crippen LogP contribution in [0.1, 0.15) is 61.3 Å². The number of hydrogen-bond acceptors (Lipinski definition) is 7. The van der Waals surface area contributed by atoms with E-state index in [2.05, 4.69) is 6.07 Å². The number of anilines is 1. The van der Waals surface area contributed by atoms with Crippen LogP contribution in [-0.2, 0) is 4.74 Å². The smallest absolute Gasteiger partial charge is 0.338 e. The lowest BCUT2D eigenvalue weighted by Gasteiger charge is -2.12. The van der Waals surface area contributed by atoms with Crippen LogP contribution in [0.4, 0.5) is 5.00 Å². The van der Waals surface area contributed by atoms with Crippen LogP contribution in [0.3, 0.4) is 0 Å². The number of fused-ring (bicyclic) bond motifs is 1. The SMILES string of the molecule is CCCCOC(=O)c1ccc2c(c1)C(=O)N(c1sc(C)c(-c3ccc(OC)cc3)c1C#N)C2=O. The van der Waals surface area contributed by atoms with Gasteiger partial charge in [-0.1, -0.05) is 25.5 Å². The summed E-state index contributed by atoms with van der Waals surface area (Å²) >= 11 is 1.21. The van der Waals surface area contributed by atoms with Gasteiger partial charge < -0.3 is 9.47 Å². The first kappa shape index (κ1) is 23.2. The number of nitrogens with zero attached hydrogens (tertiary/aromatic N) is 2. The van der Waals surface area contributed by atoms with Crippen LogP contribution < -0.4 is 9.64 Å². The number of hydrogen-bond donors (Lipinski definition) is 0. The number of benzene rings is 2. The van der Waals surface area contributed by atoms with Crippen LogP contribution in [0.2, 0.25) is 0 Å². The fraction of sp³-hybridized carbons (Fsp3) is 0.231. The monoisotopic (exact) mass is 474 g/mol. The molecular weight excluding hydrogens is 452 g/mol. The molecule has 0 radical (unpaired) electrons. The third kappa shape index (κ3) is 3.95. The second-order valence-corrected chi connectivity index (χ2v) is 8.95. The minimum atomic E-state index is -0.567. The molecule has 0 saturated carbocycles. The number of carbonyl (C=O) groups is 3. The molecule has 2 aromatic carbocycles. The van der Waals surface area contributed by atoms with Gasteiger partial charge in [-0.2, -0.15) is 5.26 Å². The Morgan fingerprint density at radius 1 is 1.09 bits per heavy atom. The zero-order valence-corrected chi connectivity index (χ0v) is 19.8. The quantitative estimate of drug-likeness (QED) is 0.260. The number of amides is 2. The third-order valence-corrected chi connectivity index (χ3v) is 6.70. The van der Waals surface area contributed by atoms with Gasteiger partial charge in [-0.25, -0.2) is 9.69 Å². The molecule has 34 heavy (non-hydrogen) atoms. The van der Waals surface area contributed by atoms with E-state index < -0.39 is 17.8 Å². The van der Waals surface area contributed by atoms with E-state index >= 15 is 0 Å². The van der Waals surface area contributed by atoms with Gasteiger partial charge in [0.2, 0.25) is 0 Å². The van der Waals surface area contributed by atoms with Crippen LogP contribution in [0, 0.1) is 18.3 Å². The molecule has 3 aromatic rings. The first-order chi connectivity index (χ1) is 16.4. The molecule has 0 unspecified atom stereocenters. The number of carbonyl (C=O) groups excluding carboxylic acids is 3. The Morgan fingerprint density at radius 3 is 2.44 bits per heavy atom. The van der Waals surface area contributed by atoms with Gasteiger partial charge in [0.15, 0.2) is 0 Å². The molecule has 172 valence electrons. The Balaban J connectivity index is 1.71. The Kier molecular flexibility index (Phi) is 6.48. The first-order valence-corrected chi connectivity index (χ1v) is 11.6. The van der Waals surface area contributed by atoms with E-state index in [0.717, 1.165) is 28.2 Å². The van der Waals surface area contributed by atoms with E-state index in [1.54, 1.807) is 19.2 Å². The second-order valence-electron chi connectivity index (χ2n) is 7.75. The van der Waals surface area contributed by atoms with Crippen molar-refractivity contribution in [1.29, 1.82) is 5.26 Å². The summed E-state index contributed by atoms with van der Waals surface area (Å²) in [5.41, 5.74) is 2.22. The molecule has 2 amide bonds. The van der Waals surface area contributed by atoms with Crippen molar-refractivity contribution < 1.29 is 23.9 Å². The fourth-order valence-electron chi connectivity index (χ4n) is 3.84. The maximum atomic E-state index is 13.3.